The van der Waals surface area contributed by atoms with Crippen LogP contribution in [-0.4, -0.2) is 49.9 Å². The third-order valence-corrected chi connectivity index (χ3v) is 4.00. The molecule has 1 aromatic rings. The predicted molar refractivity (Wildman–Crippen MR) is 76.9 cm³/mol. The van der Waals surface area contributed by atoms with E-state index < -0.39 is 9.84 Å². The number of rotatable bonds is 3. The quantitative estimate of drug-likeness (QED) is 0.475. The lowest BCUT2D eigenvalue weighted by atomic mass is 10.2. The Morgan fingerprint density at radius 2 is 2.25 bits per heavy atom. The van der Waals surface area contributed by atoms with E-state index in [0.29, 0.717) is 19.0 Å². The Morgan fingerprint density at radius 3 is 2.85 bits per heavy atom. The Balaban J connectivity index is 2.45. The molecule has 0 spiro atoms. The molecule has 20 heavy (non-hydrogen) atoms. The molecule has 8 heteroatoms. The Bertz CT molecular complexity index is 620. The van der Waals surface area contributed by atoms with Crippen LogP contribution in [0.25, 0.3) is 0 Å². The maximum Gasteiger partial charge on any atom is 0.250 e. The van der Waals surface area contributed by atoms with Crippen LogP contribution in [0.4, 0.5) is 5.82 Å². The number of halogens is 1. The number of sulfone groups is 1. The summed E-state index contributed by atoms with van der Waals surface area (Å²) in [6.45, 7) is 6.75. The molecule has 0 amide bonds. The van der Waals surface area contributed by atoms with Crippen molar-refractivity contribution in [3.8, 4) is 0 Å². The van der Waals surface area contributed by atoms with Crippen LogP contribution in [0.1, 0.15) is 6.92 Å². The highest BCUT2D eigenvalue weighted by Crippen LogP contribution is 2.24. The summed E-state index contributed by atoms with van der Waals surface area (Å²) in [5.74, 6) is 0.463. The standard InChI is InChI=1S/C12H16ClN3O3S/c1-4-9-7-19-8(2)6-16(9)11-5-10(13)14-12(15-11)20(3,17)18/h4-5,8-9H,1,6-7H2,2-3H3/t8-,9?/m0/s1. The van der Waals surface area contributed by atoms with Crippen LogP contribution >= 0.6 is 11.6 Å². The first-order valence-electron chi connectivity index (χ1n) is 6.06. The molecule has 1 aromatic heterocycles. The van der Waals surface area contributed by atoms with E-state index in [-0.39, 0.29) is 22.5 Å². The smallest absolute Gasteiger partial charge is 0.250 e. The van der Waals surface area contributed by atoms with Gasteiger partial charge in [-0.1, -0.05) is 17.7 Å². The van der Waals surface area contributed by atoms with Gasteiger partial charge in [0.15, 0.2) is 0 Å². The summed E-state index contributed by atoms with van der Waals surface area (Å²) in [6.07, 6.45) is 2.80. The Morgan fingerprint density at radius 1 is 1.55 bits per heavy atom. The van der Waals surface area contributed by atoms with Gasteiger partial charge in [-0.05, 0) is 6.92 Å². The first kappa shape index (κ1) is 15.2. The lowest BCUT2D eigenvalue weighted by Gasteiger charge is -2.38. The summed E-state index contributed by atoms with van der Waals surface area (Å²) in [5.41, 5.74) is 0. The third-order valence-electron chi connectivity index (χ3n) is 2.96. The summed E-state index contributed by atoms with van der Waals surface area (Å²) in [7, 11) is -3.51. The minimum atomic E-state index is -3.51. The number of hydrogen-bond donors (Lipinski definition) is 0. The van der Waals surface area contributed by atoms with Crippen molar-refractivity contribution < 1.29 is 13.2 Å². The van der Waals surface area contributed by atoms with Crippen molar-refractivity contribution in [1.29, 1.82) is 0 Å². The molecule has 2 atom stereocenters. The molecule has 1 saturated heterocycles. The molecule has 0 saturated carbocycles. The fourth-order valence-corrected chi connectivity index (χ4v) is 2.73. The van der Waals surface area contributed by atoms with Gasteiger partial charge in [-0.25, -0.2) is 18.4 Å². The van der Waals surface area contributed by atoms with Crippen molar-refractivity contribution in [3.63, 3.8) is 0 Å². The zero-order valence-electron chi connectivity index (χ0n) is 11.3. The molecular weight excluding hydrogens is 302 g/mol. The molecule has 0 radical (unpaired) electrons. The van der Waals surface area contributed by atoms with E-state index in [1.54, 1.807) is 12.1 Å². The van der Waals surface area contributed by atoms with Gasteiger partial charge in [-0.3, -0.25) is 0 Å². The van der Waals surface area contributed by atoms with Gasteiger partial charge in [0.05, 0.1) is 18.8 Å². The largest absolute Gasteiger partial charge is 0.374 e. The van der Waals surface area contributed by atoms with Crippen molar-refractivity contribution >= 4 is 27.3 Å². The molecule has 1 unspecified atom stereocenters. The van der Waals surface area contributed by atoms with E-state index in [4.69, 9.17) is 16.3 Å². The van der Waals surface area contributed by atoms with E-state index in [1.807, 2.05) is 11.8 Å². The number of morpholine rings is 1. The molecule has 1 fully saturated rings. The minimum absolute atomic E-state index is 0.0154. The first-order valence-corrected chi connectivity index (χ1v) is 8.33. The normalized spacial score (nSPS) is 23.6. The second-order valence-corrected chi connectivity index (χ2v) is 7.00. The van der Waals surface area contributed by atoms with Crippen molar-refractivity contribution in [3.05, 3.63) is 23.9 Å². The zero-order valence-corrected chi connectivity index (χ0v) is 12.9. The summed E-state index contributed by atoms with van der Waals surface area (Å²) in [6, 6.07) is 1.47. The van der Waals surface area contributed by atoms with Crippen LogP contribution in [0.2, 0.25) is 5.15 Å². The predicted octanol–water partition coefficient (Wildman–Crippen LogP) is 1.31. The van der Waals surface area contributed by atoms with E-state index in [1.165, 1.54) is 0 Å². The molecule has 1 aliphatic heterocycles. The lowest BCUT2D eigenvalue weighted by molar-refractivity contribution is 0.0394. The Labute approximate surface area is 123 Å². The molecule has 110 valence electrons. The number of aromatic nitrogens is 2. The van der Waals surface area contributed by atoms with Gasteiger partial charge in [0.25, 0.3) is 0 Å². The molecule has 6 nitrogen and oxygen atoms in total. The van der Waals surface area contributed by atoms with Crippen LogP contribution < -0.4 is 4.90 Å². The first-order chi connectivity index (χ1) is 9.31. The molecule has 0 aliphatic carbocycles. The van der Waals surface area contributed by atoms with Crippen molar-refractivity contribution in [2.75, 3.05) is 24.3 Å². The third kappa shape index (κ3) is 3.28. The number of ether oxygens (including phenoxy) is 1. The maximum absolute atomic E-state index is 11.6. The van der Waals surface area contributed by atoms with Crippen LogP contribution in [0.3, 0.4) is 0 Å². The van der Waals surface area contributed by atoms with Gasteiger partial charge in [-0.2, -0.15) is 0 Å². The molecule has 2 heterocycles. The number of hydrogen-bond acceptors (Lipinski definition) is 6. The SMILES string of the molecule is C=CC1CO[C@@H](C)CN1c1cc(Cl)nc(S(C)(=O)=O)n1. The van der Waals surface area contributed by atoms with E-state index in [0.717, 1.165) is 6.26 Å². The van der Waals surface area contributed by atoms with Gasteiger partial charge < -0.3 is 9.64 Å². The van der Waals surface area contributed by atoms with E-state index in [9.17, 15) is 8.42 Å². The van der Waals surface area contributed by atoms with Gasteiger partial charge in [0.1, 0.15) is 11.0 Å². The van der Waals surface area contributed by atoms with Gasteiger partial charge >= 0.3 is 0 Å². The molecule has 0 bridgehead atoms. The van der Waals surface area contributed by atoms with Crippen LogP contribution in [0.5, 0.6) is 0 Å². The highest BCUT2D eigenvalue weighted by molar-refractivity contribution is 7.90. The van der Waals surface area contributed by atoms with Crippen LogP contribution in [0, 0.1) is 0 Å². The fourth-order valence-electron chi connectivity index (χ4n) is 1.98. The highest BCUT2D eigenvalue weighted by Gasteiger charge is 2.27. The number of anilines is 1. The van der Waals surface area contributed by atoms with Crippen LogP contribution in [-0.2, 0) is 14.6 Å². The van der Waals surface area contributed by atoms with Crippen molar-refractivity contribution in [2.45, 2.75) is 24.2 Å². The fraction of sp³-hybridized carbons (Fsp3) is 0.500. The second kappa shape index (κ2) is 5.67. The second-order valence-electron chi connectivity index (χ2n) is 4.70. The number of nitrogens with zero attached hydrogens (tertiary/aromatic N) is 3. The minimum Gasteiger partial charge on any atom is -0.374 e. The average Bonchev–Trinajstić information content (AvgIpc) is 2.37. The van der Waals surface area contributed by atoms with E-state index in [2.05, 4.69) is 16.5 Å². The molecule has 0 N–H and O–H groups in total. The lowest BCUT2D eigenvalue weighted by Crippen LogP contribution is -2.48. The van der Waals surface area contributed by atoms with E-state index >= 15 is 0 Å². The van der Waals surface area contributed by atoms with Crippen molar-refractivity contribution in [2.24, 2.45) is 0 Å². The molecule has 2 rings (SSSR count). The van der Waals surface area contributed by atoms with Crippen LogP contribution in [0.15, 0.2) is 23.9 Å². The van der Waals surface area contributed by atoms with Gasteiger partial charge in [0.2, 0.25) is 15.0 Å². The summed E-state index contributed by atoms with van der Waals surface area (Å²) in [4.78, 5) is 9.77. The van der Waals surface area contributed by atoms with Gasteiger partial charge in [-0.15, -0.1) is 6.58 Å². The van der Waals surface area contributed by atoms with Gasteiger partial charge in [0, 0.05) is 18.9 Å². The maximum atomic E-state index is 11.6. The summed E-state index contributed by atoms with van der Waals surface area (Å²) in [5, 5.41) is -0.181. The topological polar surface area (TPSA) is 72.4 Å². The summed E-state index contributed by atoms with van der Waals surface area (Å²) >= 11 is 5.90. The zero-order chi connectivity index (χ0) is 14.9. The average molecular weight is 318 g/mol. The summed E-state index contributed by atoms with van der Waals surface area (Å²) < 4.78 is 28.7. The Hall–Kier alpha value is -1.18. The Kier molecular flexibility index (Phi) is 4.31. The molecule has 1 aliphatic rings. The monoisotopic (exact) mass is 317 g/mol. The highest BCUT2D eigenvalue weighted by atomic mass is 35.5. The molecule has 0 aromatic carbocycles. The van der Waals surface area contributed by atoms with Crippen molar-refractivity contribution in [1.82, 2.24) is 9.97 Å². The molecular formula is C12H16ClN3O3S.